The summed E-state index contributed by atoms with van der Waals surface area (Å²) < 4.78 is 41.2. The van der Waals surface area contributed by atoms with Crippen LogP contribution in [-0.2, 0) is 10.9 Å². The zero-order chi connectivity index (χ0) is 12.0. The van der Waals surface area contributed by atoms with Crippen LogP contribution in [0.5, 0.6) is 0 Å². The summed E-state index contributed by atoms with van der Waals surface area (Å²) in [6, 6.07) is 4.80. The lowest BCUT2D eigenvalue weighted by Gasteiger charge is -2.05. The third kappa shape index (κ3) is 4.02. The van der Waals surface area contributed by atoms with Crippen molar-refractivity contribution in [2.75, 3.05) is 13.2 Å². The first-order chi connectivity index (χ1) is 7.54. The Morgan fingerprint density at radius 2 is 1.88 bits per heavy atom. The Hall–Kier alpha value is -1.36. The third-order valence-corrected chi connectivity index (χ3v) is 1.84. The number of ether oxygens (including phenoxy) is 1. The molecule has 5 heteroatoms. The van der Waals surface area contributed by atoms with Gasteiger partial charge in [-0.15, -0.1) is 0 Å². The van der Waals surface area contributed by atoms with Gasteiger partial charge in [0.2, 0.25) is 0 Å². The number of hydrogen-bond acceptors (Lipinski definition) is 2. The van der Waals surface area contributed by atoms with Crippen molar-refractivity contribution in [3.05, 3.63) is 42.5 Å². The van der Waals surface area contributed by atoms with Gasteiger partial charge in [-0.25, -0.2) is 0 Å². The smallest absolute Gasteiger partial charge is 0.377 e. The van der Waals surface area contributed by atoms with Crippen molar-refractivity contribution in [3.8, 4) is 0 Å². The molecular weight excluding hydrogens is 219 g/mol. The quantitative estimate of drug-likeness (QED) is 0.575. The van der Waals surface area contributed by atoms with E-state index < -0.39 is 11.7 Å². The van der Waals surface area contributed by atoms with E-state index in [1.807, 2.05) is 0 Å². The fourth-order valence-electron chi connectivity index (χ4n) is 1.05. The second-order valence-electron chi connectivity index (χ2n) is 3.06. The van der Waals surface area contributed by atoms with E-state index in [0.29, 0.717) is 18.7 Å². The van der Waals surface area contributed by atoms with Crippen LogP contribution in [-0.4, -0.2) is 19.4 Å². The fourth-order valence-corrected chi connectivity index (χ4v) is 1.05. The van der Waals surface area contributed by atoms with E-state index in [2.05, 4.69) is 16.8 Å². The van der Waals surface area contributed by atoms with E-state index in [1.54, 1.807) is 0 Å². The van der Waals surface area contributed by atoms with Crippen molar-refractivity contribution in [3.63, 3.8) is 0 Å². The molecule has 1 aromatic carbocycles. The Morgan fingerprint density at radius 3 is 2.38 bits per heavy atom. The van der Waals surface area contributed by atoms with Crippen LogP contribution in [0, 0.1) is 7.11 Å². The van der Waals surface area contributed by atoms with Crippen LogP contribution in [0.3, 0.4) is 0 Å². The minimum atomic E-state index is -4.29. The summed E-state index contributed by atoms with van der Waals surface area (Å²) >= 11 is 0. The molecule has 0 N–H and O–H groups in total. The molecule has 87 valence electrons. The number of alkyl halides is 3. The molecule has 0 aliphatic rings. The van der Waals surface area contributed by atoms with Crippen molar-refractivity contribution in [1.82, 2.24) is 0 Å². The summed E-state index contributed by atoms with van der Waals surface area (Å²) in [6.07, 6.45) is -2.80. The average molecular weight is 230 g/mol. The molecule has 1 radical (unpaired) electrons. The molecule has 0 saturated carbocycles. The maximum absolute atomic E-state index is 12.2. The Morgan fingerprint density at radius 1 is 1.25 bits per heavy atom. The Labute approximate surface area is 91.8 Å². The molecule has 0 aliphatic carbocycles. The predicted octanol–water partition coefficient (Wildman–Crippen LogP) is 2.93. The second-order valence-corrected chi connectivity index (χ2v) is 3.06. The Bertz CT molecular complexity index is 343. The summed E-state index contributed by atoms with van der Waals surface area (Å²) in [6.45, 7) is 0.821. The first-order valence-electron chi connectivity index (χ1n) is 4.58. The zero-order valence-corrected chi connectivity index (χ0v) is 8.50. The van der Waals surface area contributed by atoms with Gasteiger partial charge >= 0.3 is 6.18 Å². The maximum Gasteiger partial charge on any atom is 0.416 e. The van der Waals surface area contributed by atoms with E-state index in [9.17, 15) is 13.2 Å². The lowest BCUT2D eigenvalue weighted by atomic mass is 10.1. The molecule has 0 aliphatic heterocycles. The second kappa shape index (κ2) is 5.65. The van der Waals surface area contributed by atoms with Crippen LogP contribution >= 0.6 is 0 Å². The summed E-state index contributed by atoms with van der Waals surface area (Å²) in [5.41, 5.74) is -0.0391. The van der Waals surface area contributed by atoms with Gasteiger partial charge in [0.1, 0.15) is 0 Å². The molecule has 0 aromatic heterocycles. The number of hydrogen-bond donors (Lipinski definition) is 0. The van der Waals surface area contributed by atoms with Crippen LogP contribution in [0.2, 0.25) is 0 Å². The summed E-state index contributed by atoms with van der Waals surface area (Å²) in [4.78, 5) is 3.95. The molecule has 0 atom stereocenters. The number of rotatable bonds is 4. The Balaban J connectivity index is 2.61. The molecule has 0 heterocycles. The van der Waals surface area contributed by atoms with Crippen LogP contribution in [0.4, 0.5) is 13.2 Å². The van der Waals surface area contributed by atoms with E-state index in [-0.39, 0.29) is 0 Å². The van der Waals surface area contributed by atoms with E-state index in [1.165, 1.54) is 18.3 Å². The molecule has 0 amide bonds. The largest absolute Gasteiger partial charge is 0.416 e. The highest BCUT2D eigenvalue weighted by Crippen LogP contribution is 2.28. The van der Waals surface area contributed by atoms with Gasteiger partial charge in [0, 0.05) is 6.21 Å². The van der Waals surface area contributed by atoms with Crippen molar-refractivity contribution < 1.29 is 17.9 Å². The molecule has 2 nitrogen and oxygen atoms in total. The molecule has 0 fully saturated rings. The van der Waals surface area contributed by atoms with E-state index in [4.69, 9.17) is 0 Å². The first-order valence-corrected chi connectivity index (χ1v) is 4.58. The van der Waals surface area contributed by atoms with Crippen LogP contribution in [0.1, 0.15) is 11.1 Å². The topological polar surface area (TPSA) is 21.6 Å². The first kappa shape index (κ1) is 12.7. The van der Waals surface area contributed by atoms with Crippen molar-refractivity contribution in [2.45, 2.75) is 6.18 Å². The minimum absolute atomic E-state index is 0.386. The van der Waals surface area contributed by atoms with Gasteiger partial charge in [-0.3, -0.25) is 4.99 Å². The van der Waals surface area contributed by atoms with Gasteiger partial charge in [-0.05, 0) is 17.7 Å². The molecule has 1 rings (SSSR count). The number of aliphatic imine (C=N–C) groups is 1. The van der Waals surface area contributed by atoms with Crippen LogP contribution < -0.4 is 0 Å². The monoisotopic (exact) mass is 230 g/mol. The van der Waals surface area contributed by atoms with Crippen molar-refractivity contribution in [1.29, 1.82) is 0 Å². The van der Waals surface area contributed by atoms with Crippen LogP contribution in [0.15, 0.2) is 29.3 Å². The normalized spacial score (nSPS) is 12.2. The summed E-state index contributed by atoms with van der Waals surface area (Å²) in [5.74, 6) is 0. The van der Waals surface area contributed by atoms with Gasteiger partial charge in [-0.2, -0.15) is 13.2 Å². The molecule has 0 unspecified atom stereocenters. The predicted molar refractivity (Wildman–Crippen MR) is 55.2 cm³/mol. The Kier molecular flexibility index (Phi) is 4.49. The van der Waals surface area contributed by atoms with Crippen molar-refractivity contribution in [2.24, 2.45) is 4.99 Å². The number of nitrogens with zero attached hydrogens (tertiary/aromatic N) is 1. The number of benzene rings is 1. The minimum Gasteiger partial charge on any atom is -0.377 e. The summed E-state index contributed by atoms with van der Waals surface area (Å²) in [7, 11) is 3.17. The highest BCUT2D eigenvalue weighted by atomic mass is 19.4. The number of halogens is 3. The molecule has 0 spiro atoms. The standard InChI is InChI=1S/C11H11F3NO/c1-16-7-6-15-8-9-2-4-10(5-3-9)11(12,13)14/h2-5,8H,1,6-7H2. The van der Waals surface area contributed by atoms with Gasteiger partial charge in [0.05, 0.1) is 25.8 Å². The van der Waals surface area contributed by atoms with Gasteiger partial charge in [-0.1, -0.05) is 12.1 Å². The van der Waals surface area contributed by atoms with E-state index in [0.717, 1.165) is 12.1 Å². The lowest BCUT2D eigenvalue weighted by molar-refractivity contribution is -0.137. The lowest BCUT2D eigenvalue weighted by Crippen LogP contribution is -2.04. The van der Waals surface area contributed by atoms with Crippen molar-refractivity contribution >= 4 is 6.21 Å². The third-order valence-electron chi connectivity index (χ3n) is 1.84. The fraction of sp³-hybridized carbons (Fsp3) is 0.273. The average Bonchev–Trinajstić information content (AvgIpc) is 2.24. The summed E-state index contributed by atoms with van der Waals surface area (Å²) in [5, 5.41) is 0. The molecule has 0 bridgehead atoms. The maximum atomic E-state index is 12.2. The SMILES string of the molecule is [CH2]OCCN=Cc1ccc(C(F)(F)F)cc1. The molecule has 16 heavy (non-hydrogen) atoms. The molecule has 0 saturated heterocycles. The highest BCUT2D eigenvalue weighted by molar-refractivity contribution is 5.79. The molecule has 1 aromatic rings. The van der Waals surface area contributed by atoms with E-state index >= 15 is 0 Å². The highest BCUT2D eigenvalue weighted by Gasteiger charge is 2.29. The van der Waals surface area contributed by atoms with Gasteiger partial charge in [0.25, 0.3) is 0 Å². The zero-order valence-electron chi connectivity index (χ0n) is 8.50. The van der Waals surface area contributed by atoms with Gasteiger partial charge in [0.15, 0.2) is 0 Å². The molecular formula is C11H11F3NO. The van der Waals surface area contributed by atoms with Gasteiger partial charge < -0.3 is 4.74 Å². The van der Waals surface area contributed by atoms with Crippen LogP contribution in [0.25, 0.3) is 0 Å².